The number of halogens is 1. The second-order valence-corrected chi connectivity index (χ2v) is 4.19. The van der Waals surface area contributed by atoms with Crippen LogP contribution >= 0.6 is 22.9 Å². The lowest BCUT2D eigenvalue weighted by molar-refractivity contribution is 0.0959. The van der Waals surface area contributed by atoms with Crippen molar-refractivity contribution >= 4 is 28.7 Å². The highest BCUT2D eigenvalue weighted by atomic mass is 35.5. The predicted octanol–water partition coefficient (Wildman–Crippen LogP) is 2.19. The molecule has 4 heteroatoms. The Morgan fingerprint density at radius 3 is 2.75 bits per heavy atom. The van der Waals surface area contributed by atoms with Gasteiger partial charge in [0.15, 0.2) is 5.78 Å². The Balaban J connectivity index is 2.78. The monoisotopic (exact) mass is 203 g/mol. The van der Waals surface area contributed by atoms with Crippen molar-refractivity contribution in [1.82, 2.24) is 5.32 Å². The molecule has 0 radical (unpaired) electrons. The van der Waals surface area contributed by atoms with Crippen LogP contribution < -0.4 is 5.32 Å². The third-order valence-electron chi connectivity index (χ3n) is 1.64. The van der Waals surface area contributed by atoms with Crippen molar-refractivity contribution in [3.05, 3.63) is 21.3 Å². The van der Waals surface area contributed by atoms with Gasteiger partial charge in [0.25, 0.3) is 0 Å². The van der Waals surface area contributed by atoms with Crippen molar-refractivity contribution < 1.29 is 4.79 Å². The first-order valence-corrected chi connectivity index (χ1v) is 4.81. The molecular formula is C8H10ClNOS. The van der Waals surface area contributed by atoms with Crippen LogP contribution in [0.3, 0.4) is 0 Å². The molecule has 0 aliphatic rings. The van der Waals surface area contributed by atoms with Gasteiger partial charge >= 0.3 is 0 Å². The second-order valence-electron chi connectivity index (χ2n) is 2.48. The summed E-state index contributed by atoms with van der Waals surface area (Å²) >= 11 is 7.01. The molecule has 1 unspecified atom stereocenters. The Labute approximate surface area is 80.5 Å². The minimum absolute atomic E-state index is 0.0920. The van der Waals surface area contributed by atoms with Crippen LogP contribution in [0.4, 0.5) is 0 Å². The quantitative estimate of drug-likeness (QED) is 0.764. The van der Waals surface area contributed by atoms with Gasteiger partial charge in [-0.15, -0.1) is 11.3 Å². The maximum absolute atomic E-state index is 11.5. The highest BCUT2D eigenvalue weighted by Gasteiger charge is 2.14. The van der Waals surface area contributed by atoms with E-state index in [1.165, 1.54) is 11.3 Å². The molecule has 0 amide bonds. The van der Waals surface area contributed by atoms with E-state index in [0.717, 1.165) is 0 Å². The van der Waals surface area contributed by atoms with E-state index in [1.54, 1.807) is 19.2 Å². The van der Waals surface area contributed by atoms with E-state index < -0.39 is 0 Å². The van der Waals surface area contributed by atoms with E-state index in [0.29, 0.717) is 9.21 Å². The van der Waals surface area contributed by atoms with Gasteiger partial charge in [-0.1, -0.05) is 11.6 Å². The maximum Gasteiger partial charge on any atom is 0.189 e. The van der Waals surface area contributed by atoms with Crippen molar-refractivity contribution in [2.75, 3.05) is 7.05 Å². The Morgan fingerprint density at radius 1 is 1.67 bits per heavy atom. The number of carbonyl (C=O) groups excluding carboxylic acids is 1. The number of hydrogen-bond acceptors (Lipinski definition) is 3. The van der Waals surface area contributed by atoms with Gasteiger partial charge in [-0.3, -0.25) is 4.79 Å². The number of likely N-dealkylation sites (N-methyl/N-ethyl adjacent to an activating group) is 1. The van der Waals surface area contributed by atoms with Crippen molar-refractivity contribution in [1.29, 1.82) is 0 Å². The van der Waals surface area contributed by atoms with E-state index >= 15 is 0 Å². The summed E-state index contributed by atoms with van der Waals surface area (Å²) in [6.45, 7) is 1.83. The Hall–Kier alpha value is -0.380. The van der Waals surface area contributed by atoms with Crippen LogP contribution in [-0.2, 0) is 0 Å². The van der Waals surface area contributed by atoms with Gasteiger partial charge in [0.1, 0.15) is 0 Å². The average Bonchev–Trinajstić information content (AvgIpc) is 2.49. The zero-order valence-electron chi connectivity index (χ0n) is 6.93. The van der Waals surface area contributed by atoms with Crippen molar-refractivity contribution in [3.63, 3.8) is 0 Å². The lowest BCUT2D eigenvalue weighted by Gasteiger charge is -2.05. The van der Waals surface area contributed by atoms with E-state index in [4.69, 9.17) is 11.6 Å². The molecule has 1 N–H and O–H groups in total. The molecule has 2 nitrogen and oxygen atoms in total. The minimum Gasteiger partial charge on any atom is -0.310 e. The number of carbonyl (C=O) groups is 1. The van der Waals surface area contributed by atoms with Crippen LogP contribution in [-0.4, -0.2) is 18.9 Å². The molecule has 0 aliphatic carbocycles. The Bertz CT molecular complexity index is 284. The highest BCUT2D eigenvalue weighted by molar-refractivity contribution is 7.18. The Morgan fingerprint density at radius 2 is 2.33 bits per heavy atom. The summed E-state index contributed by atoms with van der Waals surface area (Å²) in [5.74, 6) is 0.0920. The summed E-state index contributed by atoms with van der Waals surface area (Å²) in [7, 11) is 1.76. The largest absolute Gasteiger partial charge is 0.310 e. The molecule has 1 heterocycles. The Kier molecular flexibility index (Phi) is 3.26. The summed E-state index contributed by atoms with van der Waals surface area (Å²) in [5, 5.41) is 2.89. The topological polar surface area (TPSA) is 29.1 Å². The number of Topliss-reactive ketones (excluding diaryl/α,β-unsaturated/α-hetero) is 1. The molecule has 0 bridgehead atoms. The minimum atomic E-state index is -0.139. The lowest BCUT2D eigenvalue weighted by atomic mass is 10.2. The summed E-state index contributed by atoms with van der Waals surface area (Å²) < 4.78 is 0.654. The first-order valence-electron chi connectivity index (χ1n) is 3.62. The molecule has 1 rings (SSSR count). The SMILES string of the molecule is CNC(C)C(=O)c1ccc(Cl)s1. The fourth-order valence-electron chi connectivity index (χ4n) is 0.791. The van der Waals surface area contributed by atoms with Crippen LogP contribution in [0.25, 0.3) is 0 Å². The normalized spacial score (nSPS) is 12.9. The molecule has 1 aromatic heterocycles. The number of nitrogens with one attached hydrogen (secondary N) is 1. The van der Waals surface area contributed by atoms with Gasteiger partial charge in [-0.05, 0) is 26.1 Å². The third-order valence-corrected chi connectivity index (χ3v) is 2.89. The maximum atomic E-state index is 11.5. The molecule has 1 aromatic rings. The van der Waals surface area contributed by atoms with Crippen LogP contribution in [0.15, 0.2) is 12.1 Å². The summed E-state index contributed by atoms with van der Waals surface area (Å²) in [5.41, 5.74) is 0. The van der Waals surface area contributed by atoms with Gasteiger partial charge in [0, 0.05) is 0 Å². The molecular weight excluding hydrogens is 194 g/mol. The molecule has 0 aromatic carbocycles. The molecule has 1 atom stereocenters. The summed E-state index contributed by atoms with van der Waals surface area (Å²) in [6, 6.07) is 3.35. The molecule has 12 heavy (non-hydrogen) atoms. The van der Waals surface area contributed by atoms with Crippen LogP contribution in [0.2, 0.25) is 4.34 Å². The predicted molar refractivity (Wildman–Crippen MR) is 52.2 cm³/mol. The highest BCUT2D eigenvalue weighted by Crippen LogP contribution is 2.22. The zero-order valence-corrected chi connectivity index (χ0v) is 8.50. The number of rotatable bonds is 3. The fraction of sp³-hybridized carbons (Fsp3) is 0.375. The van der Waals surface area contributed by atoms with E-state index in [1.807, 2.05) is 6.92 Å². The zero-order chi connectivity index (χ0) is 9.14. The number of ketones is 1. The van der Waals surface area contributed by atoms with Gasteiger partial charge in [-0.25, -0.2) is 0 Å². The third kappa shape index (κ3) is 2.06. The van der Waals surface area contributed by atoms with Crippen LogP contribution in [0.1, 0.15) is 16.6 Å². The molecule has 0 saturated heterocycles. The number of thiophene rings is 1. The fourth-order valence-corrected chi connectivity index (χ4v) is 1.86. The summed E-state index contributed by atoms with van der Waals surface area (Å²) in [4.78, 5) is 12.2. The molecule has 0 saturated carbocycles. The lowest BCUT2D eigenvalue weighted by Crippen LogP contribution is -2.30. The molecule has 0 spiro atoms. The average molecular weight is 204 g/mol. The van der Waals surface area contributed by atoms with Crippen molar-refractivity contribution in [3.8, 4) is 0 Å². The number of hydrogen-bond donors (Lipinski definition) is 1. The van der Waals surface area contributed by atoms with Gasteiger partial charge in [0.2, 0.25) is 0 Å². The first kappa shape index (κ1) is 9.71. The van der Waals surface area contributed by atoms with Crippen molar-refractivity contribution in [2.24, 2.45) is 0 Å². The standard InChI is InChI=1S/C8H10ClNOS/c1-5(10-2)8(11)6-3-4-7(9)12-6/h3-5,10H,1-2H3. The van der Waals surface area contributed by atoms with Crippen LogP contribution in [0, 0.1) is 0 Å². The van der Waals surface area contributed by atoms with E-state index in [-0.39, 0.29) is 11.8 Å². The molecule has 0 aliphatic heterocycles. The second kappa shape index (κ2) is 4.03. The van der Waals surface area contributed by atoms with Crippen LogP contribution in [0.5, 0.6) is 0 Å². The van der Waals surface area contributed by atoms with Gasteiger partial charge in [-0.2, -0.15) is 0 Å². The molecule has 0 fully saturated rings. The van der Waals surface area contributed by atoms with E-state index in [9.17, 15) is 4.79 Å². The van der Waals surface area contributed by atoms with Crippen molar-refractivity contribution in [2.45, 2.75) is 13.0 Å². The van der Waals surface area contributed by atoms with Gasteiger partial charge < -0.3 is 5.32 Å². The molecule has 66 valence electrons. The smallest absolute Gasteiger partial charge is 0.189 e. The summed E-state index contributed by atoms with van der Waals surface area (Å²) in [6.07, 6.45) is 0. The van der Waals surface area contributed by atoms with E-state index in [2.05, 4.69) is 5.32 Å². The van der Waals surface area contributed by atoms with Gasteiger partial charge in [0.05, 0.1) is 15.3 Å². The first-order chi connectivity index (χ1) is 5.65.